The second kappa shape index (κ2) is 13.5. The van der Waals surface area contributed by atoms with Crippen LogP contribution in [0.2, 0.25) is 10.0 Å². The molecule has 4 aromatic rings. The van der Waals surface area contributed by atoms with Gasteiger partial charge in [0, 0.05) is 40.8 Å². The van der Waals surface area contributed by atoms with Gasteiger partial charge in [0.2, 0.25) is 0 Å². The molecule has 0 unspecified atom stereocenters. The van der Waals surface area contributed by atoms with Crippen molar-refractivity contribution in [1.82, 2.24) is 10.3 Å². The van der Waals surface area contributed by atoms with E-state index in [1.807, 2.05) is 36.4 Å². The number of amides is 1. The van der Waals surface area contributed by atoms with Crippen molar-refractivity contribution in [1.29, 1.82) is 0 Å². The highest BCUT2D eigenvalue weighted by molar-refractivity contribution is 9.10. The van der Waals surface area contributed by atoms with E-state index in [1.165, 1.54) is 16.7 Å². The van der Waals surface area contributed by atoms with Crippen LogP contribution >= 0.6 is 39.1 Å². The third-order valence-electron chi connectivity index (χ3n) is 6.85. The second-order valence-electron chi connectivity index (χ2n) is 9.68. The molecule has 1 amide bonds. The Labute approximate surface area is 258 Å². The molecule has 0 bridgehead atoms. The van der Waals surface area contributed by atoms with Crippen LogP contribution in [0.25, 0.3) is 0 Å². The van der Waals surface area contributed by atoms with E-state index < -0.39 is 0 Å². The first-order valence-corrected chi connectivity index (χ1v) is 14.6. The van der Waals surface area contributed by atoms with Crippen molar-refractivity contribution >= 4 is 51.3 Å². The van der Waals surface area contributed by atoms with Crippen LogP contribution in [-0.2, 0) is 26.1 Å². The Bertz CT molecular complexity index is 1580. The molecule has 0 saturated carbocycles. The number of fused-ring (bicyclic) bond motifs is 1. The summed E-state index contributed by atoms with van der Waals surface area (Å²) in [5.41, 5.74) is 8.64. The zero-order valence-corrected chi connectivity index (χ0v) is 25.5. The molecular formula is C32H28BrCl2N3O3. The van der Waals surface area contributed by atoms with Crippen molar-refractivity contribution in [3.63, 3.8) is 0 Å². The smallest absolute Gasteiger partial charge is 0.271 e. The summed E-state index contributed by atoms with van der Waals surface area (Å²) in [5, 5.41) is 5.22. The maximum atomic E-state index is 12.7. The number of rotatable bonds is 9. The fourth-order valence-corrected chi connectivity index (χ4v) is 5.72. The molecule has 1 heterocycles. The van der Waals surface area contributed by atoms with Gasteiger partial charge < -0.3 is 9.47 Å². The third kappa shape index (κ3) is 7.49. The molecule has 5 rings (SSSR count). The Morgan fingerprint density at radius 2 is 1.83 bits per heavy atom. The molecule has 0 spiro atoms. The highest BCUT2D eigenvalue weighted by Gasteiger charge is 2.16. The van der Waals surface area contributed by atoms with Gasteiger partial charge in [-0.25, -0.2) is 5.43 Å². The highest BCUT2D eigenvalue weighted by Crippen LogP contribution is 2.37. The second-order valence-corrected chi connectivity index (χ2v) is 11.4. The summed E-state index contributed by atoms with van der Waals surface area (Å²) in [7, 11) is 1.56. The zero-order chi connectivity index (χ0) is 28.8. The van der Waals surface area contributed by atoms with Gasteiger partial charge in [0.1, 0.15) is 6.61 Å². The van der Waals surface area contributed by atoms with Crippen LogP contribution < -0.4 is 14.9 Å². The minimum Gasteiger partial charge on any atom is -0.493 e. The normalized spacial score (nSPS) is 13.2. The highest BCUT2D eigenvalue weighted by atomic mass is 79.9. The molecule has 4 aromatic carbocycles. The van der Waals surface area contributed by atoms with Crippen molar-refractivity contribution in [3.8, 4) is 11.5 Å². The number of methoxy groups -OCH3 is 1. The van der Waals surface area contributed by atoms with Gasteiger partial charge in [0.25, 0.3) is 5.91 Å². The van der Waals surface area contributed by atoms with E-state index >= 15 is 0 Å². The SMILES string of the molecule is COc1cc(/C=N\NC(=O)c2ccc(CN3CCc4ccccc4C3)cc2)cc(Br)c1OCc1ccc(Cl)cc1Cl. The van der Waals surface area contributed by atoms with Gasteiger partial charge in [0.15, 0.2) is 11.5 Å². The lowest BCUT2D eigenvalue weighted by Crippen LogP contribution is -2.30. The van der Waals surface area contributed by atoms with Gasteiger partial charge in [0.05, 0.1) is 17.8 Å². The predicted octanol–water partition coefficient (Wildman–Crippen LogP) is 7.67. The average Bonchev–Trinajstić information content (AvgIpc) is 2.97. The molecule has 9 heteroatoms. The van der Waals surface area contributed by atoms with Gasteiger partial charge in [-0.1, -0.05) is 65.7 Å². The van der Waals surface area contributed by atoms with Gasteiger partial charge in [-0.05, 0) is 81.0 Å². The molecule has 41 heavy (non-hydrogen) atoms. The molecule has 0 aliphatic carbocycles. The summed E-state index contributed by atoms with van der Waals surface area (Å²) < 4.78 is 12.2. The lowest BCUT2D eigenvalue weighted by Gasteiger charge is -2.28. The molecule has 0 aromatic heterocycles. The first-order chi connectivity index (χ1) is 19.9. The Kier molecular flexibility index (Phi) is 9.62. The van der Waals surface area contributed by atoms with E-state index in [2.05, 4.69) is 55.6 Å². The Morgan fingerprint density at radius 3 is 2.59 bits per heavy atom. The van der Waals surface area contributed by atoms with Crippen LogP contribution in [0.5, 0.6) is 11.5 Å². The molecule has 0 atom stereocenters. The number of nitrogens with one attached hydrogen (secondary N) is 1. The summed E-state index contributed by atoms with van der Waals surface area (Å²) in [6.07, 6.45) is 2.61. The van der Waals surface area contributed by atoms with Crippen LogP contribution in [-0.4, -0.2) is 30.7 Å². The maximum Gasteiger partial charge on any atom is 0.271 e. The Balaban J connectivity index is 1.16. The van der Waals surface area contributed by atoms with E-state index in [4.69, 9.17) is 32.7 Å². The van der Waals surface area contributed by atoms with E-state index in [0.717, 1.165) is 31.6 Å². The lowest BCUT2D eigenvalue weighted by atomic mass is 9.99. The number of ether oxygens (including phenoxy) is 2. The van der Waals surface area contributed by atoms with E-state index in [9.17, 15) is 4.79 Å². The monoisotopic (exact) mass is 651 g/mol. The molecule has 1 aliphatic rings. The van der Waals surface area contributed by atoms with E-state index in [0.29, 0.717) is 37.1 Å². The maximum absolute atomic E-state index is 12.7. The number of benzene rings is 4. The number of hydrazone groups is 1. The third-order valence-corrected chi connectivity index (χ3v) is 8.03. The number of hydrogen-bond acceptors (Lipinski definition) is 5. The number of carbonyl (C=O) groups excluding carboxylic acids is 1. The Hall–Kier alpha value is -3.36. The molecule has 1 N–H and O–H groups in total. The first-order valence-electron chi connectivity index (χ1n) is 13.1. The summed E-state index contributed by atoms with van der Waals surface area (Å²) in [5.74, 6) is 0.740. The van der Waals surface area contributed by atoms with Crippen LogP contribution in [0.4, 0.5) is 0 Å². The summed E-state index contributed by atoms with van der Waals surface area (Å²) in [6, 6.07) is 25.1. The van der Waals surface area contributed by atoms with Crippen molar-refractivity contribution in [2.75, 3.05) is 13.7 Å². The zero-order valence-electron chi connectivity index (χ0n) is 22.4. The number of hydrogen-bond donors (Lipinski definition) is 1. The fraction of sp³-hybridized carbons (Fsp3) is 0.188. The lowest BCUT2D eigenvalue weighted by molar-refractivity contribution is 0.0955. The van der Waals surface area contributed by atoms with Gasteiger partial charge in [-0.15, -0.1) is 0 Å². The standard InChI is InChI=1S/C32H28BrCl2N3O3/c1-40-30-15-22(14-28(33)31(30)41-20-26-10-11-27(34)16-29(26)35)17-36-37-32(39)24-8-6-21(7-9-24)18-38-13-12-23-4-2-3-5-25(23)19-38/h2-11,14-17H,12-13,18-20H2,1H3,(H,37,39)/b36-17-. The van der Waals surface area contributed by atoms with Crippen LogP contribution in [0.15, 0.2) is 88.4 Å². The minimum atomic E-state index is -0.287. The molecular weight excluding hydrogens is 625 g/mol. The molecule has 6 nitrogen and oxygen atoms in total. The van der Waals surface area contributed by atoms with Gasteiger partial charge >= 0.3 is 0 Å². The molecule has 0 radical (unpaired) electrons. The topological polar surface area (TPSA) is 63.2 Å². The molecule has 210 valence electrons. The first kappa shape index (κ1) is 29.1. The van der Waals surface area contributed by atoms with E-state index in [1.54, 1.807) is 31.5 Å². The Morgan fingerprint density at radius 1 is 1.05 bits per heavy atom. The largest absolute Gasteiger partial charge is 0.493 e. The summed E-state index contributed by atoms with van der Waals surface area (Å²) >= 11 is 15.8. The summed E-state index contributed by atoms with van der Waals surface area (Å²) in [4.78, 5) is 15.1. The van der Waals surface area contributed by atoms with Crippen molar-refractivity contribution in [2.45, 2.75) is 26.1 Å². The fourth-order valence-electron chi connectivity index (χ4n) is 4.68. The van der Waals surface area contributed by atoms with Crippen molar-refractivity contribution < 1.29 is 14.3 Å². The van der Waals surface area contributed by atoms with E-state index in [-0.39, 0.29) is 12.5 Å². The average molecular weight is 653 g/mol. The van der Waals surface area contributed by atoms with Crippen molar-refractivity contribution in [2.24, 2.45) is 5.10 Å². The number of carbonyl (C=O) groups is 1. The minimum absolute atomic E-state index is 0.235. The van der Waals surface area contributed by atoms with Gasteiger partial charge in [-0.2, -0.15) is 5.10 Å². The molecule has 1 aliphatic heterocycles. The van der Waals surface area contributed by atoms with Crippen LogP contribution in [0.3, 0.4) is 0 Å². The van der Waals surface area contributed by atoms with Crippen molar-refractivity contribution in [3.05, 3.63) is 127 Å². The quantitative estimate of drug-likeness (QED) is 0.149. The van der Waals surface area contributed by atoms with Gasteiger partial charge in [-0.3, -0.25) is 9.69 Å². The summed E-state index contributed by atoms with van der Waals surface area (Å²) in [6.45, 7) is 3.05. The van der Waals surface area contributed by atoms with Crippen LogP contribution in [0.1, 0.15) is 38.2 Å². The number of nitrogens with zero attached hydrogens (tertiary/aromatic N) is 2. The molecule has 0 saturated heterocycles. The van der Waals surface area contributed by atoms with Crippen LogP contribution in [0, 0.1) is 0 Å². The predicted molar refractivity (Wildman–Crippen MR) is 167 cm³/mol. The molecule has 0 fully saturated rings. The number of halogens is 3.